The van der Waals surface area contributed by atoms with E-state index in [9.17, 15) is 4.79 Å². The van der Waals surface area contributed by atoms with Crippen LogP contribution in [0.3, 0.4) is 0 Å². The summed E-state index contributed by atoms with van der Waals surface area (Å²) in [5, 5.41) is 5.21. The van der Waals surface area contributed by atoms with Crippen LogP contribution in [0, 0.1) is 5.92 Å². The molecule has 154 valence electrons. The summed E-state index contributed by atoms with van der Waals surface area (Å²) in [6.07, 6.45) is 5.57. The molecule has 2 fully saturated rings. The fourth-order valence-corrected chi connectivity index (χ4v) is 4.95. The summed E-state index contributed by atoms with van der Waals surface area (Å²) >= 11 is 6.06. The number of hydrogen-bond acceptors (Lipinski definition) is 3. The third kappa shape index (κ3) is 3.48. The molecule has 1 amide bonds. The number of amides is 1. The van der Waals surface area contributed by atoms with Crippen LogP contribution in [-0.4, -0.2) is 30.1 Å². The number of halogens is 1. The third-order valence-electron chi connectivity index (χ3n) is 6.77. The first-order valence-corrected chi connectivity index (χ1v) is 11.0. The summed E-state index contributed by atoms with van der Waals surface area (Å²) < 4.78 is 5.79. The van der Waals surface area contributed by atoms with Gasteiger partial charge in [0.15, 0.2) is 0 Å². The van der Waals surface area contributed by atoms with E-state index in [4.69, 9.17) is 16.3 Å². The SMILES string of the molecule is O=C(N[C@H]1COC[C@H]1Cc1ccnc2ccccc12)C1(c2ccc(Cl)cc2)CCC1. The number of carbonyl (C=O) groups excluding carboxylic acids is 1. The Hall–Kier alpha value is -2.43. The molecule has 3 aromatic rings. The number of nitrogens with zero attached hydrogens (tertiary/aromatic N) is 1. The highest BCUT2D eigenvalue weighted by molar-refractivity contribution is 6.30. The molecule has 0 unspecified atom stereocenters. The van der Waals surface area contributed by atoms with Crippen LogP contribution in [0.5, 0.6) is 0 Å². The third-order valence-corrected chi connectivity index (χ3v) is 7.03. The van der Waals surface area contributed by atoms with Gasteiger partial charge in [0.2, 0.25) is 5.91 Å². The number of fused-ring (bicyclic) bond motifs is 1. The van der Waals surface area contributed by atoms with E-state index < -0.39 is 5.41 Å². The standard InChI is InChI=1S/C25H25ClN2O2/c26-20-8-6-19(7-9-20)25(11-3-12-25)24(29)28-23-16-30-15-18(23)14-17-10-13-27-22-5-2-1-4-21(17)22/h1-2,4-10,13,18,23H,3,11-12,14-16H2,(H,28,29)/t18-,23+/m1/s1. The van der Waals surface area contributed by atoms with E-state index >= 15 is 0 Å². The van der Waals surface area contributed by atoms with Crippen molar-refractivity contribution in [1.29, 1.82) is 0 Å². The topological polar surface area (TPSA) is 51.2 Å². The van der Waals surface area contributed by atoms with Gasteiger partial charge in [-0.1, -0.05) is 48.4 Å². The monoisotopic (exact) mass is 420 g/mol. The molecule has 0 bridgehead atoms. The number of hydrogen-bond donors (Lipinski definition) is 1. The normalized spacial score (nSPS) is 22.6. The Labute approximate surface area is 181 Å². The van der Waals surface area contributed by atoms with E-state index in [1.807, 2.05) is 48.7 Å². The molecule has 5 heteroatoms. The highest BCUT2D eigenvalue weighted by Crippen LogP contribution is 2.44. The predicted molar refractivity (Wildman–Crippen MR) is 119 cm³/mol. The number of aromatic nitrogens is 1. The van der Waals surface area contributed by atoms with Crippen LogP contribution in [0.2, 0.25) is 5.02 Å². The second kappa shape index (κ2) is 8.01. The number of carbonyl (C=O) groups is 1. The zero-order valence-electron chi connectivity index (χ0n) is 16.8. The van der Waals surface area contributed by atoms with Gasteiger partial charge in [0.1, 0.15) is 0 Å². The highest BCUT2D eigenvalue weighted by Gasteiger charge is 2.47. The molecule has 1 N–H and O–H groups in total. The minimum absolute atomic E-state index is 0.0224. The Morgan fingerprint density at radius 2 is 1.90 bits per heavy atom. The first kappa shape index (κ1) is 19.5. The van der Waals surface area contributed by atoms with E-state index in [-0.39, 0.29) is 17.9 Å². The van der Waals surface area contributed by atoms with E-state index in [0.717, 1.165) is 36.8 Å². The van der Waals surface area contributed by atoms with Crippen LogP contribution in [0.15, 0.2) is 60.8 Å². The molecule has 1 aliphatic heterocycles. The smallest absolute Gasteiger partial charge is 0.230 e. The molecular formula is C25H25ClN2O2. The van der Waals surface area contributed by atoms with Gasteiger partial charge in [0, 0.05) is 22.5 Å². The van der Waals surface area contributed by atoms with Crippen molar-refractivity contribution < 1.29 is 9.53 Å². The van der Waals surface area contributed by atoms with Gasteiger partial charge >= 0.3 is 0 Å². The molecule has 30 heavy (non-hydrogen) atoms. The minimum atomic E-state index is -0.429. The first-order chi connectivity index (χ1) is 14.7. The van der Waals surface area contributed by atoms with E-state index in [1.165, 1.54) is 10.9 Å². The summed E-state index contributed by atoms with van der Waals surface area (Å²) in [4.78, 5) is 17.9. The summed E-state index contributed by atoms with van der Waals surface area (Å²) in [6, 6.07) is 18.1. The lowest BCUT2D eigenvalue weighted by Gasteiger charge is -2.41. The molecule has 0 radical (unpaired) electrons. The van der Waals surface area contributed by atoms with Crippen molar-refractivity contribution in [2.24, 2.45) is 5.92 Å². The predicted octanol–water partition coefficient (Wildman–Crippen LogP) is 4.68. The maximum absolute atomic E-state index is 13.4. The number of rotatable bonds is 5. The summed E-state index contributed by atoms with van der Waals surface area (Å²) in [5.41, 5.74) is 2.89. The van der Waals surface area contributed by atoms with Crippen LogP contribution >= 0.6 is 11.6 Å². The molecule has 1 saturated carbocycles. The fraction of sp³-hybridized carbons (Fsp3) is 0.360. The van der Waals surface area contributed by atoms with Gasteiger partial charge in [-0.2, -0.15) is 0 Å². The van der Waals surface area contributed by atoms with Crippen LogP contribution in [-0.2, 0) is 21.4 Å². The molecule has 1 saturated heterocycles. The van der Waals surface area contributed by atoms with E-state index in [0.29, 0.717) is 18.2 Å². The average Bonchev–Trinajstić information content (AvgIpc) is 3.15. The van der Waals surface area contributed by atoms with E-state index in [1.54, 1.807) is 0 Å². The maximum atomic E-state index is 13.4. The number of ether oxygens (including phenoxy) is 1. The van der Waals surface area contributed by atoms with Crippen molar-refractivity contribution in [2.45, 2.75) is 37.1 Å². The Balaban J connectivity index is 1.34. The largest absolute Gasteiger partial charge is 0.379 e. The van der Waals surface area contributed by atoms with Gasteiger partial charge in [0.05, 0.1) is 30.2 Å². The molecule has 2 aromatic carbocycles. The minimum Gasteiger partial charge on any atom is -0.379 e. The van der Waals surface area contributed by atoms with Gasteiger partial charge < -0.3 is 10.1 Å². The molecule has 1 aromatic heterocycles. The Morgan fingerprint density at radius 1 is 1.10 bits per heavy atom. The molecule has 4 nitrogen and oxygen atoms in total. The van der Waals surface area contributed by atoms with Crippen molar-refractivity contribution in [3.05, 3.63) is 76.9 Å². The Kier molecular flexibility index (Phi) is 5.21. The molecule has 2 heterocycles. The van der Waals surface area contributed by atoms with Crippen LogP contribution in [0.25, 0.3) is 10.9 Å². The average molecular weight is 421 g/mol. The van der Waals surface area contributed by atoms with Crippen LogP contribution in [0.4, 0.5) is 0 Å². The molecule has 5 rings (SSSR count). The summed E-state index contributed by atoms with van der Waals surface area (Å²) in [7, 11) is 0. The highest BCUT2D eigenvalue weighted by atomic mass is 35.5. The number of nitrogens with one attached hydrogen (secondary N) is 1. The quantitative estimate of drug-likeness (QED) is 0.651. The van der Waals surface area contributed by atoms with Crippen molar-refractivity contribution in [1.82, 2.24) is 10.3 Å². The van der Waals surface area contributed by atoms with Gasteiger partial charge in [0.25, 0.3) is 0 Å². The van der Waals surface area contributed by atoms with Crippen molar-refractivity contribution >= 4 is 28.4 Å². The van der Waals surface area contributed by atoms with Crippen molar-refractivity contribution in [3.63, 3.8) is 0 Å². The summed E-state index contributed by atoms with van der Waals surface area (Å²) in [6.45, 7) is 1.23. The molecular weight excluding hydrogens is 396 g/mol. The van der Waals surface area contributed by atoms with Gasteiger partial charge in [-0.15, -0.1) is 0 Å². The van der Waals surface area contributed by atoms with E-state index in [2.05, 4.69) is 22.4 Å². The lowest BCUT2D eigenvalue weighted by Crippen LogP contribution is -2.53. The van der Waals surface area contributed by atoms with Crippen LogP contribution < -0.4 is 5.32 Å². The van der Waals surface area contributed by atoms with Crippen LogP contribution in [0.1, 0.15) is 30.4 Å². The van der Waals surface area contributed by atoms with Crippen molar-refractivity contribution in [2.75, 3.05) is 13.2 Å². The second-order valence-electron chi connectivity index (χ2n) is 8.51. The van der Waals surface area contributed by atoms with Gasteiger partial charge in [-0.3, -0.25) is 9.78 Å². The Bertz CT molecular complexity index is 1060. The molecule has 0 spiro atoms. The Morgan fingerprint density at radius 3 is 2.67 bits per heavy atom. The molecule has 1 aliphatic carbocycles. The number of benzene rings is 2. The first-order valence-electron chi connectivity index (χ1n) is 10.6. The van der Waals surface area contributed by atoms with Gasteiger partial charge in [-0.05, 0) is 54.7 Å². The second-order valence-corrected chi connectivity index (χ2v) is 8.95. The number of pyridine rings is 1. The lowest BCUT2D eigenvalue weighted by molar-refractivity contribution is -0.131. The lowest BCUT2D eigenvalue weighted by atomic mass is 9.63. The van der Waals surface area contributed by atoms with Gasteiger partial charge in [-0.25, -0.2) is 0 Å². The fourth-order valence-electron chi connectivity index (χ4n) is 4.83. The molecule has 2 aliphatic rings. The summed E-state index contributed by atoms with van der Waals surface area (Å²) in [5.74, 6) is 0.373. The zero-order valence-corrected chi connectivity index (χ0v) is 17.6. The molecule has 2 atom stereocenters. The zero-order chi connectivity index (χ0) is 20.6. The van der Waals surface area contributed by atoms with Crippen molar-refractivity contribution in [3.8, 4) is 0 Å². The maximum Gasteiger partial charge on any atom is 0.230 e. The number of para-hydroxylation sites is 1.